The Kier molecular flexibility index (Phi) is 26.1. The smallest absolute Gasteiger partial charge is 0.303 e. The monoisotopic (exact) mass is 1070 g/mol. The molecule has 76 heavy (non-hydrogen) atoms. The zero-order valence-electron chi connectivity index (χ0n) is 43.4. The molecule has 418 valence electrons. The van der Waals surface area contributed by atoms with Crippen LogP contribution in [0.3, 0.4) is 0 Å². The number of nitrogens with one attached hydrogen (secondary N) is 9. The van der Waals surface area contributed by atoms with E-state index in [0.29, 0.717) is 24.0 Å². The number of carbonyl (C=O) groups excluding carboxylic acids is 10. The number of aliphatic carboxylic acids is 1. The number of hydrogen-bond acceptors (Lipinski definition) is 14. The maximum absolute atomic E-state index is 14.2. The van der Waals surface area contributed by atoms with Gasteiger partial charge in [-0.3, -0.25) is 52.7 Å². The molecule has 0 spiro atoms. The highest BCUT2D eigenvalue weighted by Crippen LogP contribution is 2.16. The normalized spacial score (nSPS) is 20.9. The Labute approximate surface area is 441 Å². The third-order valence-electron chi connectivity index (χ3n) is 12.7. The van der Waals surface area contributed by atoms with Crippen molar-refractivity contribution in [3.8, 4) is 11.5 Å². The van der Waals surface area contributed by atoms with Crippen LogP contribution >= 0.6 is 0 Å². The highest BCUT2D eigenvalue weighted by atomic mass is 16.4. The van der Waals surface area contributed by atoms with Crippen LogP contribution in [0.25, 0.3) is 0 Å². The van der Waals surface area contributed by atoms with Gasteiger partial charge in [-0.2, -0.15) is 0 Å². The maximum atomic E-state index is 14.2. The topological polar surface area (TPSA) is 409 Å². The third-order valence-corrected chi connectivity index (χ3v) is 12.7. The zero-order chi connectivity index (χ0) is 56.5. The van der Waals surface area contributed by atoms with E-state index in [0.717, 1.165) is 0 Å². The summed E-state index contributed by atoms with van der Waals surface area (Å²) in [6, 6.07) is 0.746. The van der Waals surface area contributed by atoms with E-state index < -0.39 is 132 Å². The van der Waals surface area contributed by atoms with Crippen molar-refractivity contribution < 1.29 is 68.1 Å². The first-order valence-electron chi connectivity index (χ1n) is 25.4. The fourth-order valence-electron chi connectivity index (χ4n) is 8.02. The molecular formula is C51H75N11O14. The molecule has 3 rings (SSSR count). The van der Waals surface area contributed by atoms with Gasteiger partial charge in [0.1, 0.15) is 59.8 Å². The van der Waals surface area contributed by atoms with Gasteiger partial charge < -0.3 is 74.6 Å². The van der Waals surface area contributed by atoms with Crippen LogP contribution in [0.1, 0.15) is 109 Å². The molecule has 0 saturated carbocycles. The minimum atomic E-state index is -1.60. The Hall–Kier alpha value is -7.83. The molecule has 1 saturated heterocycles. The summed E-state index contributed by atoms with van der Waals surface area (Å²) in [6.07, 6.45) is -0.557. The standard InChI is InChI=1S/C51H75N11O14/c1-5-28(2)43-51(76)60-35(46(71)55-29(3)45(70)61-39(44(53)69)26-31-12-16-33(64)17-13-31)11-7-9-25-54-41(66)22-20-37(59-50(75)40(56-30(4)63)27-32-14-18-34(65)19-15-32)48(73)57-36(10-6-8-24-52)47(72)58-38(49(74)62-43)21-23-42(67)68/h12-19,28-29,35-40,43,64-65H,5-11,20-27,52H2,1-4H3,(H2,53,69)(H,54,66)(H,55,71)(H,56,63)(H,57,73)(H,58,72)(H,59,75)(H,60,76)(H,61,70)(H,62,74)(H,67,68)/t28-,29-,35-,36-,37-,38-,39-,40-,43-/m0/s1. The van der Waals surface area contributed by atoms with Gasteiger partial charge in [-0.15, -0.1) is 0 Å². The molecule has 1 aliphatic heterocycles. The summed E-state index contributed by atoms with van der Waals surface area (Å²) in [5.41, 5.74) is 12.4. The zero-order valence-corrected chi connectivity index (χ0v) is 43.4. The minimum Gasteiger partial charge on any atom is -0.508 e. The van der Waals surface area contributed by atoms with Gasteiger partial charge >= 0.3 is 5.97 Å². The Morgan fingerprint density at radius 1 is 0.697 bits per heavy atom. The molecule has 0 aliphatic carbocycles. The van der Waals surface area contributed by atoms with E-state index in [-0.39, 0.29) is 82.4 Å². The summed E-state index contributed by atoms with van der Waals surface area (Å²) < 4.78 is 0. The molecule has 1 fully saturated rings. The molecule has 10 amide bonds. The van der Waals surface area contributed by atoms with Gasteiger partial charge in [0, 0.05) is 39.2 Å². The molecule has 16 N–H and O–H groups in total. The number of unbranched alkanes of at least 4 members (excludes halogenated alkanes) is 1. The van der Waals surface area contributed by atoms with E-state index in [9.17, 15) is 68.1 Å². The van der Waals surface area contributed by atoms with Crippen molar-refractivity contribution in [1.82, 2.24) is 47.9 Å². The lowest BCUT2D eigenvalue weighted by atomic mass is 9.96. The molecular weight excluding hydrogens is 991 g/mol. The van der Waals surface area contributed by atoms with E-state index >= 15 is 0 Å². The van der Waals surface area contributed by atoms with Crippen LogP contribution < -0.4 is 59.3 Å². The van der Waals surface area contributed by atoms with Crippen LogP contribution in [0.15, 0.2) is 48.5 Å². The number of carboxylic acids is 1. The third kappa shape index (κ3) is 21.9. The molecule has 0 unspecified atom stereocenters. The highest BCUT2D eigenvalue weighted by Gasteiger charge is 2.36. The van der Waals surface area contributed by atoms with Crippen LogP contribution in [-0.4, -0.2) is 142 Å². The second-order valence-corrected chi connectivity index (χ2v) is 18.9. The largest absolute Gasteiger partial charge is 0.508 e. The predicted molar refractivity (Wildman–Crippen MR) is 275 cm³/mol. The number of phenols is 2. The van der Waals surface area contributed by atoms with E-state index in [1.165, 1.54) is 62.4 Å². The molecule has 0 aromatic heterocycles. The Balaban J connectivity index is 2.00. The lowest BCUT2D eigenvalue weighted by molar-refractivity contribution is -0.139. The Bertz CT molecular complexity index is 2340. The van der Waals surface area contributed by atoms with E-state index in [4.69, 9.17) is 11.5 Å². The molecule has 9 atom stereocenters. The van der Waals surface area contributed by atoms with Crippen molar-refractivity contribution in [2.75, 3.05) is 13.1 Å². The predicted octanol–water partition coefficient (Wildman–Crippen LogP) is -1.59. The average Bonchev–Trinajstić information content (AvgIpc) is 3.36. The Morgan fingerprint density at radius 3 is 1.84 bits per heavy atom. The number of nitrogens with two attached hydrogens (primary N) is 2. The van der Waals surface area contributed by atoms with Crippen LogP contribution in [0, 0.1) is 5.92 Å². The molecule has 2 aromatic carbocycles. The van der Waals surface area contributed by atoms with Gasteiger partial charge in [0.25, 0.3) is 0 Å². The van der Waals surface area contributed by atoms with Gasteiger partial charge in [-0.25, -0.2) is 0 Å². The number of rotatable bonds is 21. The Morgan fingerprint density at radius 2 is 1.28 bits per heavy atom. The number of phenolic OH excluding ortho intramolecular Hbond substituents is 2. The van der Waals surface area contributed by atoms with Gasteiger partial charge in [0.15, 0.2) is 0 Å². The van der Waals surface area contributed by atoms with Gasteiger partial charge in [0.05, 0.1) is 0 Å². The number of benzene rings is 2. The van der Waals surface area contributed by atoms with E-state index in [2.05, 4.69) is 47.9 Å². The maximum Gasteiger partial charge on any atom is 0.303 e. The first-order chi connectivity index (χ1) is 36.0. The average molecular weight is 1070 g/mol. The van der Waals surface area contributed by atoms with Gasteiger partial charge in [0.2, 0.25) is 59.1 Å². The van der Waals surface area contributed by atoms with Crippen LogP contribution in [0.5, 0.6) is 11.5 Å². The van der Waals surface area contributed by atoms with Crippen LogP contribution in [0.4, 0.5) is 0 Å². The number of amides is 10. The first kappa shape index (κ1) is 62.5. The van der Waals surface area contributed by atoms with Crippen molar-refractivity contribution in [2.24, 2.45) is 17.4 Å². The minimum absolute atomic E-state index is 0.0179. The second kappa shape index (κ2) is 31.8. The van der Waals surface area contributed by atoms with Crippen molar-refractivity contribution in [1.29, 1.82) is 0 Å². The number of aromatic hydroxyl groups is 2. The molecule has 0 bridgehead atoms. The van der Waals surface area contributed by atoms with E-state index in [1.54, 1.807) is 13.8 Å². The lowest BCUT2D eigenvalue weighted by Gasteiger charge is -2.29. The summed E-state index contributed by atoms with van der Waals surface area (Å²) in [6.45, 7) is 6.15. The molecule has 1 aliphatic rings. The molecule has 25 heteroatoms. The van der Waals surface area contributed by atoms with Crippen LogP contribution in [-0.2, 0) is 65.6 Å². The summed E-state index contributed by atoms with van der Waals surface area (Å²) in [7, 11) is 0. The molecule has 1 heterocycles. The van der Waals surface area contributed by atoms with Crippen molar-refractivity contribution in [2.45, 2.75) is 160 Å². The number of primary amides is 1. The van der Waals surface area contributed by atoms with Crippen molar-refractivity contribution in [3.05, 3.63) is 59.7 Å². The molecule has 2 aromatic rings. The summed E-state index contributed by atoms with van der Waals surface area (Å²) in [5.74, 6) is -10.1. The van der Waals surface area contributed by atoms with Crippen molar-refractivity contribution >= 4 is 65.0 Å². The number of hydrogen-bond donors (Lipinski definition) is 14. The van der Waals surface area contributed by atoms with Gasteiger partial charge in [-0.05, 0) is 106 Å². The first-order valence-corrected chi connectivity index (χ1v) is 25.4. The molecule has 0 radical (unpaired) electrons. The summed E-state index contributed by atoms with van der Waals surface area (Å²) in [4.78, 5) is 148. The lowest BCUT2D eigenvalue weighted by Crippen LogP contribution is -2.61. The number of carboxylic acid groups (broad SMARTS) is 1. The number of carbonyl (C=O) groups is 11. The SMILES string of the molecule is CC[C@H](C)[C@@H]1NC(=O)[C@H](CCC(=O)O)NC(=O)[C@H](CCCCN)NC(=O)[C@@H](NC(=O)[C@H](Cc2ccc(O)cc2)NC(C)=O)CCC(=O)NCCCC[C@@H](C(=O)N[C@@H](C)C(=O)N[C@@H](Cc2ccc(O)cc2)C(N)=O)NC1=O. The second-order valence-electron chi connectivity index (χ2n) is 18.9. The quantitative estimate of drug-likeness (QED) is 0.0627. The summed E-state index contributed by atoms with van der Waals surface area (Å²) >= 11 is 0. The fourth-order valence-corrected chi connectivity index (χ4v) is 8.02. The highest BCUT2D eigenvalue weighted by molar-refractivity contribution is 5.98. The van der Waals surface area contributed by atoms with Crippen LogP contribution in [0.2, 0.25) is 0 Å². The van der Waals surface area contributed by atoms with Gasteiger partial charge in [-0.1, -0.05) is 44.5 Å². The molecule has 25 nitrogen and oxygen atoms in total. The van der Waals surface area contributed by atoms with Crippen molar-refractivity contribution in [3.63, 3.8) is 0 Å². The van der Waals surface area contributed by atoms with E-state index in [1.807, 2.05) is 0 Å². The summed E-state index contributed by atoms with van der Waals surface area (Å²) in [5, 5.41) is 52.4. The fraction of sp³-hybridized carbons (Fsp3) is 0.549.